The van der Waals surface area contributed by atoms with Crippen molar-refractivity contribution in [3.8, 4) is 11.4 Å². The van der Waals surface area contributed by atoms with Gasteiger partial charge < -0.3 is 0 Å². The standard InChI is InChI=1S/C24H18N4/c1-3-9-19(10-4-1)17-25-23-15-7-13-21(27-23)22-14-8-16-24(28-22)26-18-20-11-5-2-6-12-20/h1-18H. The molecule has 0 atom stereocenters. The number of aliphatic imine (C=N–C) groups is 2. The zero-order chi connectivity index (χ0) is 19.0. The van der Waals surface area contributed by atoms with E-state index >= 15 is 0 Å². The van der Waals surface area contributed by atoms with Gasteiger partial charge in [0.2, 0.25) is 0 Å². The van der Waals surface area contributed by atoms with Crippen LogP contribution in [0.1, 0.15) is 11.1 Å². The van der Waals surface area contributed by atoms with E-state index in [1.807, 2.05) is 97.1 Å². The van der Waals surface area contributed by atoms with Crippen molar-refractivity contribution >= 4 is 24.1 Å². The molecule has 0 spiro atoms. The molecule has 0 unspecified atom stereocenters. The highest BCUT2D eigenvalue weighted by molar-refractivity contribution is 5.82. The molecule has 0 radical (unpaired) electrons. The van der Waals surface area contributed by atoms with Crippen LogP contribution in [0.5, 0.6) is 0 Å². The molecule has 4 aromatic rings. The predicted molar refractivity (Wildman–Crippen MR) is 115 cm³/mol. The van der Waals surface area contributed by atoms with Crippen molar-refractivity contribution in [1.82, 2.24) is 9.97 Å². The molecule has 0 saturated heterocycles. The fourth-order valence-corrected chi connectivity index (χ4v) is 2.64. The van der Waals surface area contributed by atoms with Gasteiger partial charge in [0.1, 0.15) is 0 Å². The maximum atomic E-state index is 4.61. The third-order valence-electron chi connectivity index (χ3n) is 4.02. The van der Waals surface area contributed by atoms with Crippen LogP contribution in [0.3, 0.4) is 0 Å². The Hall–Kier alpha value is -3.92. The summed E-state index contributed by atoms with van der Waals surface area (Å²) in [5.41, 5.74) is 3.59. The second-order valence-electron chi connectivity index (χ2n) is 6.10. The second kappa shape index (κ2) is 8.64. The molecule has 28 heavy (non-hydrogen) atoms. The molecule has 0 fully saturated rings. The van der Waals surface area contributed by atoms with Crippen molar-refractivity contribution in [3.63, 3.8) is 0 Å². The minimum Gasteiger partial charge on any atom is -0.237 e. The topological polar surface area (TPSA) is 50.5 Å². The molecule has 0 aliphatic rings. The summed E-state index contributed by atoms with van der Waals surface area (Å²) in [5.74, 6) is 1.28. The van der Waals surface area contributed by atoms with Crippen molar-refractivity contribution in [2.24, 2.45) is 9.98 Å². The van der Waals surface area contributed by atoms with Crippen molar-refractivity contribution in [2.45, 2.75) is 0 Å². The molecule has 4 rings (SSSR count). The van der Waals surface area contributed by atoms with Crippen LogP contribution in [0, 0.1) is 0 Å². The van der Waals surface area contributed by atoms with E-state index in [9.17, 15) is 0 Å². The second-order valence-corrected chi connectivity index (χ2v) is 6.10. The van der Waals surface area contributed by atoms with Crippen molar-refractivity contribution in [3.05, 3.63) is 108 Å². The number of aromatic nitrogens is 2. The number of rotatable bonds is 5. The molecule has 0 aliphatic carbocycles. The van der Waals surface area contributed by atoms with Gasteiger partial charge in [-0.15, -0.1) is 0 Å². The van der Waals surface area contributed by atoms with E-state index in [-0.39, 0.29) is 0 Å². The summed E-state index contributed by atoms with van der Waals surface area (Å²) in [6.07, 6.45) is 3.61. The van der Waals surface area contributed by atoms with Gasteiger partial charge in [-0.2, -0.15) is 0 Å². The van der Waals surface area contributed by atoms with Crippen LogP contribution in [0.15, 0.2) is 107 Å². The first kappa shape index (κ1) is 17.5. The van der Waals surface area contributed by atoms with Crippen LogP contribution in [0.4, 0.5) is 11.6 Å². The maximum absolute atomic E-state index is 4.61. The fraction of sp³-hybridized carbons (Fsp3) is 0. The largest absolute Gasteiger partial charge is 0.237 e. The third-order valence-corrected chi connectivity index (χ3v) is 4.02. The molecule has 0 saturated carbocycles. The first-order valence-corrected chi connectivity index (χ1v) is 8.99. The first-order chi connectivity index (χ1) is 13.9. The average molecular weight is 362 g/mol. The van der Waals surface area contributed by atoms with Gasteiger partial charge in [-0.05, 0) is 35.4 Å². The summed E-state index contributed by atoms with van der Waals surface area (Å²) in [6.45, 7) is 0. The molecule has 0 amide bonds. The van der Waals surface area contributed by atoms with Gasteiger partial charge in [-0.25, -0.2) is 20.0 Å². The quantitative estimate of drug-likeness (QED) is 0.431. The Morgan fingerprint density at radius 3 is 1.32 bits per heavy atom. The van der Waals surface area contributed by atoms with Crippen LogP contribution in [0.2, 0.25) is 0 Å². The van der Waals surface area contributed by atoms with Gasteiger partial charge in [-0.3, -0.25) is 0 Å². The Kier molecular flexibility index (Phi) is 5.40. The molecule has 0 aliphatic heterocycles. The Morgan fingerprint density at radius 2 is 0.893 bits per heavy atom. The van der Waals surface area contributed by atoms with Crippen molar-refractivity contribution in [1.29, 1.82) is 0 Å². The van der Waals surface area contributed by atoms with Gasteiger partial charge in [0.25, 0.3) is 0 Å². The van der Waals surface area contributed by atoms with Gasteiger partial charge in [0, 0.05) is 12.4 Å². The zero-order valence-electron chi connectivity index (χ0n) is 15.2. The minimum absolute atomic E-state index is 0.640. The van der Waals surface area contributed by atoms with Crippen LogP contribution >= 0.6 is 0 Å². The summed E-state index contributed by atoms with van der Waals surface area (Å²) in [7, 11) is 0. The molecule has 2 heterocycles. The lowest BCUT2D eigenvalue weighted by atomic mass is 10.2. The molecular weight excluding hydrogens is 344 g/mol. The Morgan fingerprint density at radius 1 is 0.464 bits per heavy atom. The third kappa shape index (κ3) is 4.62. The van der Waals surface area contributed by atoms with E-state index in [0.717, 1.165) is 22.5 Å². The van der Waals surface area contributed by atoms with Crippen LogP contribution < -0.4 is 0 Å². The van der Waals surface area contributed by atoms with Crippen molar-refractivity contribution < 1.29 is 0 Å². The van der Waals surface area contributed by atoms with E-state index < -0.39 is 0 Å². The van der Waals surface area contributed by atoms with Gasteiger partial charge >= 0.3 is 0 Å². The highest BCUT2D eigenvalue weighted by Crippen LogP contribution is 2.21. The lowest BCUT2D eigenvalue weighted by Gasteiger charge is -2.02. The number of nitrogens with zero attached hydrogens (tertiary/aromatic N) is 4. The van der Waals surface area contributed by atoms with Crippen molar-refractivity contribution in [2.75, 3.05) is 0 Å². The molecule has 2 aromatic heterocycles. The normalized spacial score (nSPS) is 11.3. The van der Waals surface area contributed by atoms with Gasteiger partial charge in [0.15, 0.2) is 11.6 Å². The number of pyridine rings is 2. The maximum Gasteiger partial charge on any atom is 0.152 e. The highest BCUT2D eigenvalue weighted by Gasteiger charge is 2.03. The minimum atomic E-state index is 0.640. The molecule has 0 N–H and O–H groups in total. The lowest BCUT2D eigenvalue weighted by molar-refractivity contribution is 1.21. The Labute approximate surface area is 164 Å². The van der Waals surface area contributed by atoms with Crippen LogP contribution in [0.25, 0.3) is 11.4 Å². The number of hydrogen-bond acceptors (Lipinski definition) is 4. The van der Waals surface area contributed by atoms with E-state index in [1.54, 1.807) is 12.4 Å². The van der Waals surface area contributed by atoms with Gasteiger partial charge in [0.05, 0.1) is 11.4 Å². The van der Waals surface area contributed by atoms with E-state index in [2.05, 4.69) is 20.0 Å². The summed E-state index contributed by atoms with van der Waals surface area (Å²) in [6, 6.07) is 31.4. The monoisotopic (exact) mass is 362 g/mol. The molecule has 4 nitrogen and oxygen atoms in total. The van der Waals surface area contributed by atoms with Crippen LogP contribution in [-0.2, 0) is 0 Å². The van der Waals surface area contributed by atoms with Gasteiger partial charge in [-0.1, -0.05) is 72.8 Å². The van der Waals surface area contributed by atoms with E-state index in [0.29, 0.717) is 11.6 Å². The number of benzene rings is 2. The number of hydrogen-bond donors (Lipinski definition) is 0. The average Bonchev–Trinajstić information content (AvgIpc) is 2.78. The first-order valence-electron chi connectivity index (χ1n) is 8.99. The smallest absolute Gasteiger partial charge is 0.152 e. The Bertz CT molecular complexity index is 1010. The predicted octanol–water partition coefficient (Wildman–Crippen LogP) is 5.64. The zero-order valence-corrected chi connectivity index (χ0v) is 15.2. The fourth-order valence-electron chi connectivity index (χ4n) is 2.64. The molecule has 4 heteroatoms. The summed E-state index contributed by atoms with van der Waals surface area (Å²) >= 11 is 0. The SMILES string of the molecule is C(=Nc1cccc(-c2cccc(N=Cc3ccccc3)n2)n1)c1ccccc1. The Balaban J connectivity index is 1.56. The molecule has 0 bridgehead atoms. The summed E-state index contributed by atoms with van der Waals surface area (Å²) in [4.78, 5) is 18.1. The van der Waals surface area contributed by atoms with E-state index in [1.165, 1.54) is 0 Å². The summed E-state index contributed by atoms with van der Waals surface area (Å²) in [5, 5.41) is 0. The highest BCUT2D eigenvalue weighted by atomic mass is 14.9. The molecular formula is C24H18N4. The summed E-state index contributed by atoms with van der Waals surface area (Å²) < 4.78 is 0. The molecule has 134 valence electrons. The molecule has 2 aromatic carbocycles. The van der Waals surface area contributed by atoms with E-state index in [4.69, 9.17) is 0 Å². The lowest BCUT2D eigenvalue weighted by Crippen LogP contribution is -1.88. The van der Waals surface area contributed by atoms with Crippen LogP contribution in [-0.4, -0.2) is 22.4 Å².